The molecular formula is C16H30N2O2. The Hall–Kier alpha value is -1.03. The molecule has 1 unspecified atom stereocenters. The number of carbonyl (C=O) groups is 1. The van der Waals surface area contributed by atoms with Gasteiger partial charge >= 0.3 is 6.09 Å². The van der Waals surface area contributed by atoms with Crippen LogP contribution in [0.1, 0.15) is 47.0 Å². The first-order valence-electron chi connectivity index (χ1n) is 7.55. The number of ether oxygens (including phenoxy) is 1. The van der Waals surface area contributed by atoms with E-state index < -0.39 is 5.60 Å². The van der Waals surface area contributed by atoms with Crippen LogP contribution in [0.3, 0.4) is 0 Å². The number of amides is 1. The molecule has 4 nitrogen and oxygen atoms in total. The zero-order valence-electron chi connectivity index (χ0n) is 13.7. The third kappa shape index (κ3) is 5.16. The molecule has 0 aromatic rings. The van der Waals surface area contributed by atoms with Crippen molar-refractivity contribution >= 4 is 6.09 Å². The van der Waals surface area contributed by atoms with E-state index >= 15 is 0 Å². The van der Waals surface area contributed by atoms with Crippen LogP contribution in [0.2, 0.25) is 0 Å². The maximum atomic E-state index is 12.0. The predicted octanol–water partition coefficient (Wildman–Crippen LogP) is 3.28. The van der Waals surface area contributed by atoms with Gasteiger partial charge in [-0.2, -0.15) is 0 Å². The Labute approximate surface area is 123 Å². The minimum Gasteiger partial charge on any atom is -0.444 e. The van der Waals surface area contributed by atoms with Crippen LogP contribution in [0.5, 0.6) is 0 Å². The molecule has 2 atom stereocenters. The summed E-state index contributed by atoms with van der Waals surface area (Å²) in [5.74, 6) is 0. The molecular weight excluding hydrogens is 252 g/mol. The summed E-state index contributed by atoms with van der Waals surface area (Å²) < 4.78 is 5.43. The highest BCUT2D eigenvalue weighted by atomic mass is 16.6. The molecule has 4 heteroatoms. The largest absolute Gasteiger partial charge is 0.444 e. The van der Waals surface area contributed by atoms with Gasteiger partial charge < -0.3 is 9.64 Å². The first-order valence-corrected chi connectivity index (χ1v) is 7.55. The lowest BCUT2D eigenvalue weighted by molar-refractivity contribution is 0.0278. The summed E-state index contributed by atoms with van der Waals surface area (Å²) in [6.45, 7) is 13.3. The summed E-state index contributed by atoms with van der Waals surface area (Å²) in [5, 5.41) is 0. The van der Waals surface area contributed by atoms with Crippen molar-refractivity contribution in [1.82, 2.24) is 9.80 Å². The fourth-order valence-electron chi connectivity index (χ4n) is 2.49. The molecule has 116 valence electrons. The van der Waals surface area contributed by atoms with Crippen LogP contribution in [0.25, 0.3) is 0 Å². The summed E-state index contributed by atoms with van der Waals surface area (Å²) in [4.78, 5) is 16.3. The molecule has 20 heavy (non-hydrogen) atoms. The van der Waals surface area contributed by atoms with Crippen molar-refractivity contribution in [2.24, 2.45) is 0 Å². The van der Waals surface area contributed by atoms with Crippen LogP contribution in [0.4, 0.5) is 4.79 Å². The van der Waals surface area contributed by atoms with Crippen molar-refractivity contribution in [1.29, 1.82) is 0 Å². The van der Waals surface area contributed by atoms with Gasteiger partial charge in [0.25, 0.3) is 0 Å². The molecule has 1 fully saturated rings. The van der Waals surface area contributed by atoms with Crippen molar-refractivity contribution < 1.29 is 9.53 Å². The van der Waals surface area contributed by atoms with Gasteiger partial charge in [0.15, 0.2) is 0 Å². The summed E-state index contributed by atoms with van der Waals surface area (Å²) in [7, 11) is 2.15. The molecule has 0 bridgehead atoms. The Morgan fingerprint density at radius 1 is 1.55 bits per heavy atom. The summed E-state index contributed by atoms with van der Waals surface area (Å²) in [6.07, 6.45) is 4.95. The van der Waals surface area contributed by atoms with Gasteiger partial charge in [-0.15, -0.1) is 6.58 Å². The lowest BCUT2D eigenvalue weighted by Crippen LogP contribution is -2.42. The van der Waals surface area contributed by atoms with Crippen molar-refractivity contribution in [3.63, 3.8) is 0 Å². The number of carbonyl (C=O) groups excluding carboxylic acids is 1. The second-order valence-corrected chi connectivity index (χ2v) is 6.75. The van der Waals surface area contributed by atoms with E-state index in [0.29, 0.717) is 12.1 Å². The van der Waals surface area contributed by atoms with Crippen molar-refractivity contribution in [3.8, 4) is 0 Å². The van der Waals surface area contributed by atoms with Crippen LogP contribution >= 0.6 is 0 Å². The van der Waals surface area contributed by atoms with E-state index in [1.165, 1.54) is 0 Å². The monoisotopic (exact) mass is 282 g/mol. The van der Waals surface area contributed by atoms with E-state index in [2.05, 4.69) is 25.5 Å². The minimum atomic E-state index is -0.418. The quantitative estimate of drug-likeness (QED) is 0.725. The number of likely N-dealkylation sites (tertiary alicyclic amines) is 1. The first-order chi connectivity index (χ1) is 9.24. The van der Waals surface area contributed by atoms with E-state index in [1.807, 2.05) is 31.7 Å². The molecule has 1 aliphatic heterocycles. The molecule has 1 aliphatic rings. The molecule has 1 rings (SSSR count). The minimum absolute atomic E-state index is 0.188. The van der Waals surface area contributed by atoms with Crippen molar-refractivity contribution in [2.45, 2.75) is 64.6 Å². The van der Waals surface area contributed by atoms with Crippen molar-refractivity contribution in [2.75, 3.05) is 20.1 Å². The Bertz CT molecular complexity index is 336. The van der Waals surface area contributed by atoms with Crippen LogP contribution in [0.15, 0.2) is 12.7 Å². The number of likely N-dealkylation sites (N-methyl/N-ethyl adjacent to an activating group) is 1. The van der Waals surface area contributed by atoms with Gasteiger partial charge in [0.1, 0.15) is 5.60 Å². The van der Waals surface area contributed by atoms with Gasteiger partial charge in [-0.25, -0.2) is 4.79 Å². The Morgan fingerprint density at radius 2 is 2.20 bits per heavy atom. The number of nitrogens with zero attached hydrogens (tertiary/aromatic N) is 2. The van der Waals surface area contributed by atoms with E-state index in [-0.39, 0.29) is 6.09 Å². The topological polar surface area (TPSA) is 32.8 Å². The van der Waals surface area contributed by atoms with Crippen molar-refractivity contribution in [3.05, 3.63) is 12.7 Å². The van der Waals surface area contributed by atoms with E-state index in [9.17, 15) is 4.79 Å². The standard InChI is InChI=1S/C16H30N2O2/c1-7-8-9-13(2)17(6)14-10-11-18(12-14)15(19)20-16(3,4)5/h7,13-14H,1,8-12H2,2-6H3/t13?,14-/m1/s1. The number of rotatable bonds is 5. The maximum absolute atomic E-state index is 12.0. The van der Waals surface area contributed by atoms with Gasteiger partial charge in [0.05, 0.1) is 0 Å². The predicted molar refractivity (Wildman–Crippen MR) is 82.9 cm³/mol. The molecule has 0 spiro atoms. The van der Waals surface area contributed by atoms with Gasteiger partial charge in [-0.3, -0.25) is 4.90 Å². The number of allylic oxidation sites excluding steroid dienone is 1. The maximum Gasteiger partial charge on any atom is 0.410 e. The molecule has 0 aromatic carbocycles. The third-order valence-electron chi connectivity index (χ3n) is 3.87. The highest BCUT2D eigenvalue weighted by Crippen LogP contribution is 2.20. The highest BCUT2D eigenvalue weighted by Gasteiger charge is 2.32. The van der Waals surface area contributed by atoms with E-state index in [4.69, 9.17) is 4.74 Å². The third-order valence-corrected chi connectivity index (χ3v) is 3.87. The Morgan fingerprint density at radius 3 is 2.75 bits per heavy atom. The van der Waals surface area contributed by atoms with Crippen LogP contribution in [0, 0.1) is 0 Å². The summed E-state index contributed by atoms with van der Waals surface area (Å²) >= 11 is 0. The van der Waals surface area contributed by atoms with Crippen LogP contribution in [-0.4, -0.2) is 53.7 Å². The fourth-order valence-corrected chi connectivity index (χ4v) is 2.49. The molecule has 1 saturated heterocycles. The van der Waals surface area contributed by atoms with Gasteiger partial charge in [-0.1, -0.05) is 6.08 Å². The Balaban J connectivity index is 2.46. The molecule has 1 amide bonds. The van der Waals surface area contributed by atoms with Crippen LogP contribution < -0.4 is 0 Å². The summed E-state index contributed by atoms with van der Waals surface area (Å²) in [6, 6.07) is 0.943. The fraction of sp³-hybridized carbons (Fsp3) is 0.812. The SMILES string of the molecule is C=CCCC(C)N(C)[C@@H]1CCN(C(=O)OC(C)(C)C)C1. The molecule has 1 heterocycles. The van der Waals surface area contributed by atoms with Gasteiger partial charge in [0.2, 0.25) is 0 Å². The molecule has 0 radical (unpaired) electrons. The van der Waals surface area contributed by atoms with Crippen LogP contribution in [-0.2, 0) is 4.74 Å². The molecule has 0 saturated carbocycles. The average molecular weight is 282 g/mol. The Kier molecular flexibility index (Phi) is 6.06. The number of hydrogen-bond donors (Lipinski definition) is 0. The normalized spacial score (nSPS) is 21.1. The second kappa shape index (κ2) is 7.11. The number of hydrogen-bond acceptors (Lipinski definition) is 3. The second-order valence-electron chi connectivity index (χ2n) is 6.75. The van der Waals surface area contributed by atoms with E-state index in [0.717, 1.165) is 32.4 Å². The highest BCUT2D eigenvalue weighted by molar-refractivity contribution is 5.68. The lowest BCUT2D eigenvalue weighted by Gasteiger charge is -2.31. The average Bonchev–Trinajstić information content (AvgIpc) is 2.82. The zero-order valence-corrected chi connectivity index (χ0v) is 13.7. The summed E-state index contributed by atoms with van der Waals surface area (Å²) in [5.41, 5.74) is -0.418. The first kappa shape index (κ1) is 17.0. The lowest BCUT2D eigenvalue weighted by atomic mass is 10.1. The molecule has 0 aromatic heterocycles. The van der Waals surface area contributed by atoms with E-state index in [1.54, 1.807) is 0 Å². The molecule has 0 aliphatic carbocycles. The zero-order chi connectivity index (χ0) is 15.3. The van der Waals surface area contributed by atoms with Gasteiger partial charge in [-0.05, 0) is 54.0 Å². The molecule has 0 N–H and O–H groups in total. The smallest absolute Gasteiger partial charge is 0.410 e. The van der Waals surface area contributed by atoms with Gasteiger partial charge in [0, 0.05) is 25.2 Å².